The molecule has 0 bridgehead atoms. The van der Waals surface area contributed by atoms with Crippen LogP contribution < -0.4 is 11.2 Å². The van der Waals surface area contributed by atoms with E-state index in [1.165, 1.54) is 0 Å². The first-order chi connectivity index (χ1) is 4.70. The Bertz CT molecular complexity index is 247. The molecule has 1 aromatic carbocycles. The van der Waals surface area contributed by atoms with E-state index in [9.17, 15) is 4.79 Å². The highest BCUT2D eigenvalue weighted by Crippen LogP contribution is 1.92. The molecule has 0 aliphatic rings. The first-order valence-corrected chi connectivity index (χ1v) is 2.85. The van der Waals surface area contributed by atoms with E-state index in [0.717, 1.165) is 0 Å². The molecule has 6 N–H and O–H groups in total. The van der Waals surface area contributed by atoms with E-state index in [1.807, 2.05) is 0 Å². The minimum absolute atomic E-state index is 0. The number of benzene rings is 1. The van der Waals surface area contributed by atoms with Crippen LogP contribution in [0.5, 0.6) is 0 Å². The first kappa shape index (κ1) is 13.3. The highest BCUT2D eigenvalue weighted by Gasteiger charge is 1.95. The topological polar surface area (TPSA) is 106 Å². The fourth-order valence-electron chi connectivity index (χ4n) is 0.647. The second-order valence-corrected chi connectivity index (χ2v) is 1.99. The number of carbonyl (C=O) groups is 1. The van der Waals surface area contributed by atoms with Crippen molar-refractivity contribution in [2.45, 2.75) is 0 Å². The molecule has 0 atom stereocenters. The van der Waals surface area contributed by atoms with Crippen molar-refractivity contribution in [3.05, 3.63) is 29.8 Å². The Morgan fingerprint density at radius 2 is 1.58 bits per heavy atom. The average molecular weight is 167 g/mol. The second kappa shape index (κ2) is 5.34. The van der Waals surface area contributed by atoms with Gasteiger partial charge in [0.1, 0.15) is 7.85 Å². The van der Waals surface area contributed by atoms with E-state index >= 15 is 0 Å². The number of rotatable bonds is 1. The molecule has 2 radical (unpaired) electrons. The summed E-state index contributed by atoms with van der Waals surface area (Å²) in [6, 6.07) is 6.47. The lowest BCUT2D eigenvalue weighted by Gasteiger charge is -1.94. The van der Waals surface area contributed by atoms with Crippen molar-refractivity contribution in [1.29, 1.82) is 0 Å². The summed E-state index contributed by atoms with van der Waals surface area (Å²) in [5, 5.41) is 0. The van der Waals surface area contributed by atoms with Gasteiger partial charge in [0.15, 0.2) is 0 Å². The van der Waals surface area contributed by atoms with E-state index in [0.29, 0.717) is 11.0 Å². The molecule has 64 valence electrons. The molecular weight excluding hydrogens is 157 g/mol. The maximum atomic E-state index is 10.5. The van der Waals surface area contributed by atoms with E-state index in [-0.39, 0.29) is 11.0 Å². The Labute approximate surface area is 71.4 Å². The van der Waals surface area contributed by atoms with Gasteiger partial charge >= 0.3 is 0 Å². The van der Waals surface area contributed by atoms with Gasteiger partial charge in [-0.25, -0.2) is 0 Å². The minimum atomic E-state index is -0.431. The Morgan fingerprint density at radius 3 is 1.92 bits per heavy atom. The van der Waals surface area contributed by atoms with Crippen LogP contribution >= 0.6 is 0 Å². The SMILES string of the molecule is O.O.[B]c1ccc(C(N)=O)cc1. The predicted octanol–water partition coefficient (Wildman–Crippen LogP) is -2.07. The van der Waals surface area contributed by atoms with Gasteiger partial charge < -0.3 is 16.7 Å². The third-order valence-corrected chi connectivity index (χ3v) is 1.20. The third kappa shape index (κ3) is 3.18. The minimum Gasteiger partial charge on any atom is -0.412 e. The molecule has 0 aliphatic carbocycles. The van der Waals surface area contributed by atoms with Crippen LogP contribution in [0, 0.1) is 0 Å². The number of primary amides is 1. The Kier molecular flexibility index (Phi) is 5.91. The van der Waals surface area contributed by atoms with E-state index in [2.05, 4.69) is 0 Å². The van der Waals surface area contributed by atoms with Crippen LogP contribution in [-0.2, 0) is 0 Å². The standard InChI is InChI=1S/C7H6BNO.2H2O/c8-6-3-1-5(2-4-6)7(9)10;;/h1-4H,(H2,9,10);2*1H2. The zero-order valence-corrected chi connectivity index (χ0v) is 6.37. The monoisotopic (exact) mass is 167 g/mol. The summed E-state index contributed by atoms with van der Waals surface area (Å²) in [7, 11) is 5.37. The lowest BCUT2D eigenvalue weighted by atomic mass is 9.95. The fraction of sp³-hybridized carbons (Fsp3) is 0. The van der Waals surface area contributed by atoms with Gasteiger partial charge in [0.05, 0.1) is 0 Å². The van der Waals surface area contributed by atoms with Gasteiger partial charge in [-0.2, -0.15) is 0 Å². The molecular formula is C7H10BNO3. The maximum absolute atomic E-state index is 10.5. The summed E-state index contributed by atoms with van der Waals surface area (Å²) in [6.45, 7) is 0. The van der Waals surface area contributed by atoms with Crippen LogP contribution in [0.2, 0.25) is 0 Å². The number of carbonyl (C=O) groups excluding carboxylic acids is 1. The van der Waals surface area contributed by atoms with Crippen LogP contribution in [-0.4, -0.2) is 24.7 Å². The van der Waals surface area contributed by atoms with Crippen molar-refractivity contribution in [1.82, 2.24) is 0 Å². The summed E-state index contributed by atoms with van der Waals surface area (Å²) in [6.07, 6.45) is 0. The number of hydrogen-bond acceptors (Lipinski definition) is 1. The van der Waals surface area contributed by atoms with Crippen LogP contribution in [0.4, 0.5) is 0 Å². The van der Waals surface area contributed by atoms with Crippen molar-refractivity contribution in [2.24, 2.45) is 5.73 Å². The number of hydrogen-bond donors (Lipinski definition) is 1. The Balaban J connectivity index is 0. The van der Waals surface area contributed by atoms with E-state index in [1.54, 1.807) is 24.3 Å². The number of amides is 1. The molecule has 12 heavy (non-hydrogen) atoms. The van der Waals surface area contributed by atoms with Crippen molar-refractivity contribution in [2.75, 3.05) is 0 Å². The van der Waals surface area contributed by atoms with Crippen LogP contribution in [0.15, 0.2) is 24.3 Å². The molecule has 0 spiro atoms. The average Bonchev–Trinajstić information content (AvgIpc) is 1.88. The van der Waals surface area contributed by atoms with Crippen molar-refractivity contribution < 1.29 is 15.7 Å². The summed E-state index contributed by atoms with van der Waals surface area (Å²) in [4.78, 5) is 10.5. The van der Waals surface area contributed by atoms with Crippen molar-refractivity contribution in [3.63, 3.8) is 0 Å². The molecule has 0 saturated carbocycles. The van der Waals surface area contributed by atoms with Gasteiger partial charge in [-0.15, -0.1) is 0 Å². The molecule has 5 heteroatoms. The normalized spacial score (nSPS) is 7.67. The molecule has 0 fully saturated rings. The lowest BCUT2D eigenvalue weighted by Crippen LogP contribution is -2.12. The molecule has 4 nitrogen and oxygen atoms in total. The smallest absolute Gasteiger partial charge is 0.248 e. The fourth-order valence-corrected chi connectivity index (χ4v) is 0.647. The van der Waals surface area contributed by atoms with Crippen LogP contribution in [0.3, 0.4) is 0 Å². The van der Waals surface area contributed by atoms with Crippen molar-refractivity contribution >= 4 is 19.2 Å². The molecule has 0 aliphatic heterocycles. The summed E-state index contributed by atoms with van der Waals surface area (Å²) < 4.78 is 0. The van der Waals surface area contributed by atoms with Crippen LogP contribution in [0.25, 0.3) is 0 Å². The zero-order chi connectivity index (χ0) is 7.56. The maximum Gasteiger partial charge on any atom is 0.248 e. The first-order valence-electron chi connectivity index (χ1n) is 2.85. The molecule has 1 rings (SSSR count). The summed E-state index contributed by atoms with van der Waals surface area (Å²) in [5.74, 6) is -0.431. The Hall–Kier alpha value is -1.33. The molecule has 0 heterocycles. The second-order valence-electron chi connectivity index (χ2n) is 1.99. The van der Waals surface area contributed by atoms with Gasteiger partial charge in [0.2, 0.25) is 5.91 Å². The van der Waals surface area contributed by atoms with Gasteiger partial charge in [-0.3, -0.25) is 4.79 Å². The van der Waals surface area contributed by atoms with E-state index < -0.39 is 5.91 Å². The summed E-state index contributed by atoms with van der Waals surface area (Å²) >= 11 is 0. The zero-order valence-electron chi connectivity index (χ0n) is 6.37. The van der Waals surface area contributed by atoms with Gasteiger partial charge in [0, 0.05) is 5.56 Å². The Morgan fingerprint density at radius 1 is 1.17 bits per heavy atom. The van der Waals surface area contributed by atoms with Gasteiger partial charge in [-0.1, -0.05) is 29.7 Å². The molecule has 1 aromatic rings. The highest BCUT2D eigenvalue weighted by atomic mass is 16.1. The largest absolute Gasteiger partial charge is 0.412 e. The van der Waals surface area contributed by atoms with Crippen molar-refractivity contribution in [3.8, 4) is 0 Å². The molecule has 0 unspecified atom stereocenters. The molecule has 1 amide bonds. The van der Waals surface area contributed by atoms with Gasteiger partial charge in [0.25, 0.3) is 0 Å². The lowest BCUT2D eigenvalue weighted by molar-refractivity contribution is 0.100. The van der Waals surface area contributed by atoms with Crippen LogP contribution in [0.1, 0.15) is 10.4 Å². The molecule has 0 aromatic heterocycles. The summed E-state index contributed by atoms with van der Waals surface area (Å²) in [5.41, 5.74) is 6.09. The number of nitrogens with two attached hydrogens (primary N) is 1. The van der Waals surface area contributed by atoms with Gasteiger partial charge in [-0.05, 0) is 0 Å². The third-order valence-electron chi connectivity index (χ3n) is 1.20. The van der Waals surface area contributed by atoms with E-state index in [4.69, 9.17) is 13.6 Å². The molecule has 0 saturated heterocycles. The predicted molar refractivity (Wildman–Crippen MR) is 47.6 cm³/mol. The quantitative estimate of drug-likeness (QED) is 0.476. The highest BCUT2D eigenvalue weighted by molar-refractivity contribution is 6.32.